The van der Waals surface area contributed by atoms with Gasteiger partial charge in [-0.3, -0.25) is 4.90 Å². The minimum atomic E-state index is 0.378. The topological polar surface area (TPSA) is 52.4 Å². The van der Waals surface area contributed by atoms with E-state index in [0.29, 0.717) is 18.1 Å². The number of morpholine rings is 1. The molecule has 2 fully saturated rings. The number of aryl methyl sites for hydroxylation is 1. The van der Waals surface area contributed by atoms with E-state index in [1.807, 2.05) is 11.8 Å². The van der Waals surface area contributed by atoms with Crippen LogP contribution in [-0.4, -0.2) is 58.7 Å². The molecule has 0 amide bonds. The Morgan fingerprint density at radius 1 is 1.41 bits per heavy atom. The zero-order valence-electron chi connectivity index (χ0n) is 13.8. The van der Waals surface area contributed by atoms with Crippen molar-refractivity contribution in [2.75, 3.05) is 26.9 Å². The molecule has 0 radical (unpaired) electrons. The second kappa shape index (κ2) is 7.53. The number of ether oxygens (including phenoxy) is 2. The molecule has 6 heteroatoms. The number of rotatable bonds is 6. The van der Waals surface area contributed by atoms with E-state index in [0.717, 1.165) is 45.1 Å². The van der Waals surface area contributed by atoms with Crippen molar-refractivity contribution in [2.24, 2.45) is 5.92 Å². The predicted molar refractivity (Wildman–Crippen MR) is 83.5 cm³/mol. The van der Waals surface area contributed by atoms with Crippen molar-refractivity contribution in [1.29, 1.82) is 0 Å². The van der Waals surface area contributed by atoms with Crippen LogP contribution in [0.4, 0.5) is 0 Å². The summed E-state index contributed by atoms with van der Waals surface area (Å²) in [6.45, 7) is 6.56. The van der Waals surface area contributed by atoms with Gasteiger partial charge in [-0.05, 0) is 19.3 Å². The van der Waals surface area contributed by atoms with Crippen LogP contribution < -0.4 is 0 Å². The van der Waals surface area contributed by atoms with E-state index in [-0.39, 0.29) is 0 Å². The Morgan fingerprint density at radius 2 is 2.32 bits per heavy atom. The Labute approximate surface area is 132 Å². The normalized spacial score (nSPS) is 30.0. The van der Waals surface area contributed by atoms with Gasteiger partial charge in [-0.2, -0.15) is 5.10 Å². The summed E-state index contributed by atoms with van der Waals surface area (Å²) in [5.74, 6) is 1.65. The molecule has 0 N–H and O–H groups in total. The molecule has 1 aromatic rings. The lowest BCUT2D eigenvalue weighted by molar-refractivity contribution is -0.0620. The summed E-state index contributed by atoms with van der Waals surface area (Å²) < 4.78 is 13.5. The first-order valence-electron chi connectivity index (χ1n) is 8.54. The summed E-state index contributed by atoms with van der Waals surface area (Å²) in [4.78, 5) is 7.00. The third kappa shape index (κ3) is 3.34. The van der Waals surface area contributed by atoms with Crippen LogP contribution in [0.1, 0.15) is 38.4 Å². The highest BCUT2D eigenvalue weighted by molar-refractivity contribution is 4.94. The van der Waals surface area contributed by atoms with Crippen molar-refractivity contribution in [2.45, 2.75) is 57.8 Å². The Bertz CT molecular complexity index is 465. The van der Waals surface area contributed by atoms with Gasteiger partial charge in [0.15, 0.2) is 0 Å². The van der Waals surface area contributed by atoms with Crippen molar-refractivity contribution < 1.29 is 9.47 Å². The molecule has 124 valence electrons. The van der Waals surface area contributed by atoms with E-state index >= 15 is 0 Å². The maximum atomic E-state index is 5.77. The maximum absolute atomic E-state index is 5.77. The highest BCUT2D eigenvalue weighted by Gasteiger charge is 2.38. The average Bonchev–Trinajstić information content (AvgIpc) is 3.18. The van der Waals surface area contributed by atoms with Gasteiger partial charge in [0, 0.05) is 32.2 Å². The Kier molecular flexibility index (Phi) is 5.44. The van der Waals surface area contributed by atoms with Crippen molar-refractivity contribution in [1.82, 2.24) is 19.7 Å². The summed E-state index contributed by atoms with van der Waals surface area (Å²) in [5, 5.41) is 4.35. The number of nitrogens with zero attached hydrogens (tertiary/aromatic N) is 4. The molecule has 3 atom stereocenters. The smallest absolute Gasteiger partial charge is 0.141 e. The third-order valence-corrected chi connectivity index (χ3v) is 5.06. The molecule has 0 unspecified atom stereocenters. The van der Waals surface area contributed by atoms with E-state index in [1.165, 1.54) is 19.3 Å². The summed E-state index contributed by atoms with van der Waals surface area (Å²) in [6, 6.07) is 0.438. The summed E-state index contributed by atoms with van der Waals surface area (Å²) in [7, 11) is 1.84. The lowest BCUT2D eigenvalue weighted by atomic mass is 9.94. The van der Waals surface area contributed by atoms with Crippen molar-refractivity contribution in [3.63, 3.8) is 0 Å². The largest absolute Gasteiger partial charge is 0.381 e. The molecule has 1 aliphatic carbocycles. The van der Waals surface area contributed by atoms with Crippen LogP contribution in [0.25, 0.3) is 0 Å². The van der Waals surface area contributed by atoms with Gasteiger partial charge < -0.3 is 9.47 Å². The monoisotopic (exact) mass is 308 g/mol. The second-order valence-corrected chi connectivity index (χ2v) is 6.38. The van der Waals surface area contributed by atoms with Crippen molar-refractivity contribution in [3.8, 4) is 0 Å². The Balaban J connectivity index is 1.71. The molecule has 0 bridgehead atoms. The summed E-state index contributed by atoms with van der Waals surface area (Å²) >= 11 is 0. The fraction of sp³-hybridized carbons (Fsp3) is 0.875. The highest BCUT2D eigenvalue weighted by Crippen LogP contribution is 2.34. The molecule has 1 saturated heterocycles. The highest BCUT2D eigenvalue weighted by atomic mass is 16.5. The first-order valence-corrected chi connectivity index (χ1v) is 8.54. The average molecular weight is 308 g/mol. The molecule has 22 heavy (non-hydrogen) atoms. The van der Waals surface area contributed by atoms with Crippen LogP contribution in [0, 0.1) is 5.92 Å². The zero-order chi connectivity index (χ0) is 15.4. The summed E-state index contributed by atoms with van der Waals surface area (Å²) in [6.07, 6.45) is 6.81. The van der Waals surface area contributed by atoms with Crippen LogP contribution in [0.15, 0.2) is 6.33 Å². The summed E-state index contributed by atoms with van der Waals surface area (Å²) in [5.41, 5.74) is 0. The van der Waals surface area contributed by atoms with Crippen LogP contribution in [0.3, 0.4) is 0 Å². The van der Waals surface area contributed by atoms with Gasteiger partial charge in [0.1, 0.15) is 12.2 Å². The van der Waals surface area contributed by atoms with Crippen LogP contribution in [0.5, 0.6) is 0 Å². The minimum absolute atomic E-state index is 0.378. The quantitative estimate of drug-likeness (QED) is 0.801. The molecule has 1 saturated carbocycles. The number of aromatic nitrogens is 3. The molecule has 1 aliphatic heterocycles. The molecule has 0 aromatic carbocycles. The Hall–Kier alpha value is -0.980. The zero-order valence-corrected chi connectivity index (χ0v) is 13.8. The molecule has 0 spiro atoms. The van der Waals surface area contributed by atoms with Crippen LogP contribution in [0.2, 0.25) is 0 Å². The fourth-order valence-electron chi connectivity index (χ4n) is 3.93. The molecular weight excluding hydrogens is 280 g/mol. The first-order chi connectivity index (χ1) is 10.8. The van der Waals surface area contributed by atoms with E-state index in [2.05, 4.69) is 21.9 Å². The van der Waals surface area contributed by atoms with Gasteiger partial charge in [-0.25, -0.2) is 9.67 Å². The molecule has 3 rings (SSSR count). The van der Waals surface area contributed by atoms with Crippen LogP contribution >= 0.6 is 0 Å². The van der Waals surface area contributed by atoms with Gasteiger partial charge in [0.25, 0.3) is 0 Å². The fourth-order valence-corrected chi connectivity index (χ4v) is 3.93. The number of hydrogen-bond donors (Lipinski definition) is 0. The molecule has 2 aliphatic rings. The van der Waals surface area contributed by atoms with E-state index in [9.17, 15) is 0 Å². The van der Waals surface area contributed by atoms with E-state index in [1.54, 1.807) is 6.33 Å². The third-order valence-electron chi connectivity index (χ3n) is 5.06. The molecular formula is C16H28N4O2. The van der Waals surface area contributed by atoms with E-state index in [4.69, 9.17) is 9.47 Å². The maximum Gasteiger partial charge on any atom is 0.141 e. The first kappa shape index (κ1) is 15.9. The molecule has 1 aromatic heterocycles. The predicted octanol–water partition coefficient (Wildman–Crippen LogP) is 1.70. The van der Waals surface area contributed by atoms with Gasteiger partial charge in [-0.15, -0.1) is 0 Å². The van der Waals surface area contributed by atoms with Crippen molar-refractivity contribution in [3.05, 3.63) is 12.2 Å². The lowest BCUT2D eigenvalue weighted by Gasteiger charge is -2.40. The van der Waals surface area contributed by atoms with Gasteiger partial charge in [0.05, 0.1) is 25.9 Å². The minimum Gasteiger partial charge on any atom is -0.381 e. The van der Waals surface area contributed by atoms with Gasteiger partial charge in [0.2, 0.25) is 0 Å². The second-order valence-electron chi connectivity index (χ2n) is 6.38. The number of methoxy groups -OCH3 is 1. The lowest BCUT2D eigenvalue weighted by Crippen LogP contribution is -2.51. The SMILES string of the molecule is CCCn1ncnc1CN1CCOC[C@@H]1[C@H]1CCC[C@H]1OC. The van der Waals surface area contributed by atoms with Crippen LogP contribution in [-0.2, 0) is 22.6 Å². The standard InChI is InChI=1S/C16H28N4O2/c1-3-7-20-16(17-12-18-20)10-19-8-9-22-11-14(19)13-5-4-6-15(13)21-2/h12-15H,3-11H2,1-2H3/t13-,14-,15-/m1/s1. The number of hydrogen-bond acceptors (Lipinski definition) is 5. The van der Waals surface area contributed by atoms with E-state index < -0.39 is 0 Å². The Morgan fingerprint density at radius 3 is 3.14 bits per heavy atom. The van der Waals surface area contributed by atoms with Gasteiger partial charge >= 0.3 is 0 Å². The molecule has 6 nitrogen and oxygen atoms in total. The van der Waals surface area contributed by atoms with Crippen molar-refractivity contribution >= 4 is 0 Å². The molecule has 2 heterocycles. The van der Waals surface area contributed by atoms with Gasteiger partial charge in [-0.1, -0.05) is 13.3 Å².